The Morgan fingerprint density at radius 2 is 1.93 bits per heavy atom. The molecular weight excluding hydrogens is 172 g/mol. The zero-order chi connectivity index (χ0) is 10.8. The minimum absolute atomic E-state index is 0.00249. The smallest absolute Gasteiger partial charge is 0.0429 e. The molecule has 1 heterocycles. The summed E-state index contributed by atoms with van der Waals surface area (Å²) in [6, 6.07) is 4.26. The monoisotopic (exact) mass is 192 g/mol. The molecule has 0 aromatic carbocycles. The van der Waals surface area contributed by atoms with Gasteiger partial charge in [0.15, 0.2) is 0 Å². The largest absolute Gasteiger partial charge is 0.311 e. The summed E-state index contributed by atoms with van der Waals surface area (Å²) in [6.07, 6.45) is 1.96. The van der Waals surface area contributed by atoms with Gasteiger partial charge in [0.05, 0.1) is 0 Å². The fraction of sp³-hybridized carbons (Fsp3) is 0.583. The van der Waals surface area contributed by atoms with E-state index < -0.39 is 0 Å². The number of hydrogen-bond acceptors (Lipinski definition) is 2. The van der Waals surface area contributed by atoms with Crippen molar-refractivity contribution >= 4 is 0 Å². The molecule has 2 nitrogen and oxygen atoms in total. The second-order valence-electron chi connectivity index (χ2n) is 4.50. The Bertz CT molecular complexity index is 286. The SMILES string of the molecule is CNC(C)(C)c1ccc(C(C)C)nc1. The second kappa shape index (κ2) is 4.09. The predicted octanol–water partition coefficient (Wildman–Crippen LogP) is 2.66. The van der Waals surface area contributed by atoms with Crippen LogP contribution in [0.3, 0.4) is 0 Å². The molecule has 0 spiro atoms. The van der Waals surface area contributed by atoms with Gasteiger partial charge >= 0.3 is 0 Å². The van der Waals surface area contributed by atoms with Gasteiger partial charge < -0.3 is 5.32 Å². The molecular formula is C12H20N2. The van der Waals surface area contributed by atoms with Crippen molar-refractivity contribution in [1.82, 2.24) is 10.3 Å². The highest BCUT2D eigenvalue weighted by molar-refractivity contribution is 5.22. The number of hydrogen-bond donors (Lipinski definition) is 1. The van der Waals surface area contributed by atoms with Crippen LogP contribution in [0.15, 0.2) is 18.3 Å². The Morgan fingerprint density at radius 1 is 1.29 bits per heavy atom. The average molecular weight is 192 g/mol. The summed E-state index contributed by atoms with van der Waals surface area (Å²) < 4.78 is 0. The first-order valence-corrected chi connectivity index (χ1v) is 5.12. The normalized spacial score (nSPS) is 12.1. The van der Waals surface area contributed by atoms with Crippen molar-refractivity contribution in [3.63, 3.8) is 0 Å². The molecule has 0 aliphatic heterocycles. The quantitative estimate of drug-likeness (QED) is 0.796. The molecule has 1 N–H and O–H groups in total. The Hall–Kier alpha value is -0.890. The highest BCUT2D eigenvalue weighted by atomic mass is 14.9. The van der Waals surface area contributed by atoms with E-state index >= 15 is 0 Å². The Labute approximate surface area is 86.8 Å². The Morgan fingerprint density at radius 3 is 2.29 bits per heavy atom. The zero-order valence-electron chi connectivity index (χ0n) is 9.76. The molecule has 0 amide bonds. The molecule has 0 saturated heterocycles. The van der Waals surface area contributed by atoms with E-state index in [1.54, 1.807) is 0 Å². The highest BCUT2D eigenvalue weighted by Gasteiger charge is 2.17. The molecule has 0 aliphatic carbocycles. The van der Waals surface area contributed by atoms with Crippen molar-refractivity contribution in [3.05, 3.63) is 29.6 Å². The first-order valence-electron chi connectivity index (χ1n) is 5.12. The lowest BCUT2D eigenvalue weighted by molar-refractivity contribution is 0.443. The Kier molecular flexibility index (Phi) is 3.27. The van der Waals surface area contributed by atoms with Crippen LogP contribution < -0.4 is 5.32 Å². The van der Waals surface area contributed by atoms with E-state index in [1.165, 1.54) is 5.56 Å². The van der Waals surface area contributed by atoms with Gasteiger partial charge in [-0.2, -0.15) is 0 Å². The number of nitrogens with one attached hydrogen (secondary N) is 1. The third-order valence-corrected chi connectivity index (χ3v) is 2.72. The van der Waals surface area contributed by atoms with Gasteiger partial charge in [0.2, 0.25) is 0 Å². The van der Waals surface area contributed by atoms with Gasteiger partial charge in [-0.25, -0.2) is 0 Å². The molecule has 0 bridgehead atoms. The lowest BCUT2D eigenvalue weighted by Gasteiger charge is -2.24. The van der Waals surface area contributed by atoms with Gasteiger partial charge in [-0.3, -0.25) is 4.98 Å². The fourth-order valence-corrected chi connectivity index (χ4v) is 1.26. The minimum atomic E-state index is 0.00249. The topological polar surface area (TPSA) is 24.9 Å². The molecule has 0 unspecified atom stereocenters. The van der Waals surface area contributed by atoms with E-state index in [4.69, 9.17) is 0 Å². The predicted molar refractivity (Wildman–Crippen MR) is 60.4 cm³/mol. The van der Waals surface area contributed by atoms with Crippen LogP contribution in [0, 0.1) is 0 Å². The first kappa shape index (κ1) is 11.2. The van der Waals surface area contributed by atoms with Gasteiger partial charge in [-0.05, 0) is 38.4 Å². The fourth-order valence-electron chi connectivity index (χ4n) is 1.26. The number of rotatable bonds is 3. The first-order chi connectivity index (χ1) is 6.47. The van der Waals surface area contributed by atoms with Crippen molar-refractivity contribution in [3.8, 4) is 0 Å². The van der Waals surface area contributed by atoms with Crippen LogP contribution in [0.5, 0.6) is 0 Å². The third-order valence-electron chi connectivity index (χ3n) is 2.72. The molecule has 0 aliphatic rings. The molecule has 2 heteroatoms. The molecule has 14 heavy (non-hydrogen) atoms. The highest BCUT2D eigenvalue weighted by Crippen LogP contribution is 2.20. The van der Waals surface area contributed by atoms with Crippen molar-refractivity contribution < 1.29 is 0 Å². The lowest BCUT2D eigenvalue weighted by Crippen LogP contribution is -2.33. The average Bonchev–Trinajstić information content (AvgIpc) is 2.18. The maximum absolute atomic E-state index is 4.45. The van der Waals surface area contributed by atoms with Gasteiger partial charge in [0, 0.05) is 17.4 Å². The maximum atomic E-state index is 4.45. The number of pyridine rings is 1. The van der Waals surface area contributed by atoms with Crippen LogP contribution in [0.4, 0.5) is 0 Å². The van der Waals surface area contributed by atoms with Crippen LogP contribution in [-0.2, 0) is 5.54 Å². The van der Waals surface area contributed by atoms with E-state index in [1.807, 2.05) is 13.2 Å². The minimum Gasteiger partial charge on any atom is -0.311 e. The molecule has 0 atom stereocenters. The summed E-state index contributed by atoms with van der Waals surface area (Å²) in [5.74, 6) is 0.502. The molecule has 0 saturated carbocycles. The number of nitrogens with zero attached hydrogens (tertiary/aromatic N) is 1. The number of aromatic nitrogens is 1. The Balaban J connectivity index is 2.94. The summed E-state index contributed by atoms with van der Waals surface area (Å²) in [4.78, 5) is 4.45. The van der Waals surface area contributed by atoms with E-state index in [0.29, 0.717) is 5.92 Å². The van der Waals surface area contributed by atoms with Gasteiger partial charge in [-0.1, -0.05) is 19.9 Å². The van der Waals surface area contributed by atoms with E-state index in [0.717, 1.165) is 5.69 Å². The van der Waals surface area contributed by atoms with E-state index in [2.05, 4.69) is 50.1 Å². The molecule has 0 radical (unpaired) electrons. The molecule has 78 valence electrons. The van der Waals surface area contributed by atoms with Crippen molar-refractivity contribution in [1.29, 1.82) is 0 Å². The van der Waals surface area contributed by atoms with Crippen LogP contribution in [0.1, 0.15) is 44.9 Å². The van der Waals surface area contributed by atoms with Crippen molar-refractivity contribution in [2.75, 3.05) is 7.05 Å². The maximum Gasteiger partial charge on any atom is 0.0429 e. The third kappa shape index (κ3) is 2.32. The summed E-state index contributed by atoms with van der Waals surface area (Å²) in [5, 5.41) is 3.27. The van der Waals surface area contributed by atoms with Gasteiger partial charge in [-0.15, -0.1) is 0 Å². The van der Waals surface area contributed by atoms with E-state index in [9.17, 15) is 0 Å². The van der Waals surface area contributed by atoms with Crippen molar-refractivity contribution in [2.24, 2.45) is 0 Å². The van der Waals surface area contributed by atoms with Crippen LogP contribution in [0.2, 0.25) is 0 Å². The van der Waals surface area contributed by atoms with Crippen molar-refractivity contribution in [2.45, 2.75) is 39.2 Å². The van der Waals surface area contributed by atoms with Gasteiger partial charge in [0.1, 0.15) is 0 Å². The standard InChI is InChI=1S/C12H20N2/c1-9(2)11-7-6-10(8-14-11)12(3,4)13-5/h6-9,13H,1-5H3. The van der Waals surface area contributed by atoms with E-state index in [-0.39, 0.29) is 5.54 Å². The summed E-state index contributed by atoms with van der Waals surface area (Å²) in [6.45, 7) is 8.62. The van der Waals surface area contributed by atoms with Gasteiger partial charge in [0.25, 0.3) is 0 Å². The summed E-state index contributed by atoms with van der Waals surface area (Å²) in [5.41, 5.74) is 2.38. The van der Waals surface area contributed by atoms with Crippen LogP contribution >= 0.6 is 0 Å². The molecule has 0 fully saturated rings. The molecule has 1 aromatic heterocycles. The van der Waals surface area contributed by atoms with Crippen LogP contribution in [0.25, 0.3) is 0 Å². The van der Waals surface area contributed by atoms with Crippen LogP contribution in [-0.4, -0.2) is 12.0 Å². The zero-order valence-corrected chi connectivity index (χ0v) is 9.76. The summed E-state index contributed by atoms with van der Waals surface area (Å²) >= 11 is 0. The second-order valence-corrected chi connectivity index (χ2v) is 4.50. The summed E-state index contributed by atoms with van der Waals surface area (Å²) in [7, 11) is 1.97. The lowest BCUT2D eigenvalue weighted by atomic mass is 9.95. The molecule has 1 rings (SSSR count). The molecule has 1 aromatic rings.